The number of alkyl halides is 2. The molecular formula is C29H44F2N4O3. The summed E-state index contributed by atoms with van der Waals surface area (Å²) in [5.74, 6) is -2.88. The van der Waals surface area contributed by atoms with Crippen molar-refractivity contribution in [3.8, 4) is 0 Å². The number of piperidine rings is 1. The van der Waals surface area contributed by atoms with Crippen LogP contribution in [-0.4, -0.2) is 96.0 Å². The van der Waals surface area contributed by atoms with E-state index in [-0.39, 0.29) is 24.7 Å². The summed E-state index contributed by atoms with van der Waals surface area (Å²) < 4.78 is 27.4. The zero-order valence-electron chi connectivity index (χ0n) is 22.8. The van der Waals surface area contributed by atoms with Crippen molar-refractivity contribution in [3.05, 3.63) is 35.4 Å². The summed E-state index contributed by atoms with van der Waals surface area (Å²) in [6.07, 6.45) is 4.04. The van der Waals surface area contributed by atoms with Crippen molar-refractivity contribution in [1.29, 1.82) is 0 Å². The van der Waals surface area contributed by atoms with E-state index >= 15 is 0 Å². The predicted octanol–water partition coefficient (Wildman–Crippen LogP) is 3.46. The standard InChI is InChI=1S/C29H44F2N4O3/c1-33(2)13-10-26(36)28(38)34(19-20-8-11-29(30,31)12-9-20)14-15-35-24-6-7-25(35)18-23(17-24)21-4-3-5-22(16-21)27(32)37/h3-5,16,20,23-26,36H,6-15,17-19H2,1-2H3,(H2,32,37)/t23-,24+,25-,26-/m0/s1. The van der Waals surface area contributed by atoms with Crippen LogP contribution in [0.25, 0.3) is 0 Å². The van der Waals surface area contributed by atoms with Crippen LogP contribution < -0.4 is 5.73 Å². The van der Waals surface area contributed by atoms with Crippen LogP contribution in [0.15, 0.2) is 24.3 Å². The summed E-state index contributed by atoms with van der Waals surface area (Å²) in [5, 5.41) is 10.6. The molecule has 1 aromatic carbocycles. The lowest BCUT2D eigenvalue weighted by Crippen LogP contribution is -2.50. The van der Waals surface area contributed by atoms with Crippen LogP contribution in [0.4, 0.5) is 8.78 Å². The van der Waals surface area contributed by atoms with Gasteiger partial charge in [0.25, 0.3) is 5.91 Å². The molecule has 2 aliphatic heterocycles. The van der Waals surface area contributed by atoms with Gasteiger partial charge in [-0.25, -0.2) is 8.78 Å². The lowest BCUT2D eigenvalue weighted by molar-refractivity contribution is -0.142. The third-order valence-electron chi connectivity index (χ3n) is 8.92. The Morgan fingerprint density at radius 1 is 1.11 bits per heavy atom. The van der Waals surface area contributed by atoms with E-state index in [1.165, 1.54) is 0 Å². The molecule has 0 unspecified atom stereocenters. The van der Waals surface area contributed by atoms with Gasteiger partial charge in [-0.05, 0) is 88.6 Å². The van der Waals surface area contributed by atoms with E-state index in [0.29, 0.717) is 62.5 Å². The first-order chi connectivity index (χ1) is 18.0. The fourth-order valence-electron chi connectivity index (χ4n) is 6.69. The number of nitrogens with zero attached hydrogens (tertiary/aromatic N) is 3. The molecule has 38 heavy (non-hydrogen) atoms. The Labute approximate surface area is 225 Å². The highest BCUT2D eigenvalue weighted by atomic mass is 19.3. The molecular weight excluding hydrogens is 490 g/mol. The molecule has 2 bridgehead atoms. The number of benzene rings is 1. The zero-order chi connectivity index (χ0) is 27.4. The summed E-state index contributed by atoms with van der Waals surface area (Å²) in [5.41, 5.74) is 7.19. The summed E-state index contributed by atoms with van der Waals surface area (Å²) in [6, 6.07) is 8.46. The fourth-order valence-corrected chi connectivity index (χ4v) is 6.69. The van der Waals surface area contributed by atoms with E-state index in [9.17, 15) is 23.5 Å². The molecule has 2 saturated heterocycles. The van der Waals surface area contributed by atoms with Gasteiger partial charge >= 0.3 is 0 Å². The SMILES string of the molecule is CN(C)CC[C@H](O)C(=O)N(CCN1[C@@H]2CC[C@H]1C[C@@H](c1cccc(C(N)=O)c1)C2)CC1CCC(F)(F)CC1. The number of carbonyl (C=O) groups is 2. The molecule has 1 aliphatic carbocycles. The maximum Gasteiger partial charge on any atom is 0.251 e. The van der Waals surface area contributed by atoms with Crippen molar-refractivity contribution >= 4 is 11.8 Å². The third-order valence-corrected chi connectivity index (χ3v) is 8.92. The van der Waals surface area contributed by atoms with E-state index in [4.69, 9.17) is 5.73 Å². The number of halogens is 2. The Balaban J connectivity index is 1.39. The lowest BCUT2D eigenvalue weighted by atomic mass is 9.84. The number of hydrogen-bond acceptors (Lipinski definition) is 5. The Hall–Kier alpha value is -2.10. The normalized spacial score (nSPS) is 26.4. The van der Waals surface area contributed by atoms with Crippen LogP contribution in [0.2, 0.25) is 0 Å². The molecule has 1 aromatic rings. The van der Waals surface area contributed by atoms with Crippen molar-refractivity contribution in [3.63, 3.8) is 0 Å². The van der Waals surface area contributed by atoms with Gasteiger partial charge in [-0.3, -0.25) is 14.5 Å². The number of rotatable bonds is 11. The second kappa shape index (κ2) is 12.4. The van der Waals surface area contributed by atoms with Gasteiger partial charge in [0, 0.05) is 56.7 Å². The molecule has 3 aliphatic rings. The van der Waals surface area contributed by atoms with Crippen molar-refractivity contribution in [2.24, 2.45) is 11.7 Å². The van der Waals surface area contributed by atoms with Crippen LogP contribution in [0.1, 0.15) is 79.6 Å². The number of aliphatic hydroxyl groups is 1. The average Bonchev–Trinajstić information content (AvgIpc) is 3.11. The molecule has 212 valence electrons. The Morgan fingerprint density at radius 3 is 2.37 bits per heavy atom. The second-order valence-corrected chi connectivity index (χ2v) is 12.0. The van der Waals surface area contributed by atoms with Crippen molar-refractivity contribution < 1.29 is 23.5 Å². The smallest absolute Gasteiger partial charge is 0.251 e. The summed E-state index contributed by atoms with van der Waals surface area (Å²) >= 11 is 0. The van der Waals surface area contributed by atoms with Gasteiger partial charge in [0.05, 0.1) is 0 Å². The Bertz CT molecular complexity index is 951. The Morgan fingerprint density at radius 2 is 1.76 bits per heavy atom. The van der Waals surface area contributed by atoms with Crippen LogP contribution in [-0.2, 0) is 4.79 Å². The van der Waals surface area contributed by atoms with Gasteiger partial charge in [0.2, 0.25) is 11.8 Å². The largest absolute Gasteiger partial charge is 0.383 e. The van der Waals surface area contributed by atoms with E-state index in [2.05, 4.69) is 11.0 Å². The van der Waals surface area contributed by atoms with Gasteiger partial charge in [-0.1, -0.05) is 12.1 Å². The predicted molar refractivity (Wildman–Crippen MR) is 143 cm³/mol. The monoisotopic (exact) mass is 534 g/mol. The minimum Gasteiger partial charge on any atom is -0.383 e. The first-order valence-electron chi connectivity index (χ1n) is 14.2. The zero-order valence-corrected chi connectivity index (χ0v) is 22.8. The van der Waals surface area contributed by atoms with E-state index < -0.39 is 17.9 Å². The average molecular weight is 535 g/mol. The highest BCUT2D eigenvalue weighted by Gasteiger charge is 2.42. The van der Waals surface area contributed by atoms with Gasteiger partial charge in [0.15, 0.2) is 0 Å². The fraction of sp³-hybridized carbons (Fsp3) is 0.724. The van der Waals surface area contributed by atoms with Gasteiger partial charge in [0.1, 0.15) is 6.10 Å². The number of primary amides is 1. The van der Waals surface area contributed by atoms with E-state index in [1.54, 1.807) is 11.0 Å². The lowest BCUT2D eigenvalue weighted by Gasteiger charge is -2.41. The van der Waals surface area contributed by atoms with Crippen LogP contribution in [0, 0.1) is 5.92 Å². The summed E-state index contributed by atoms with van der Waals surface area (Å²) in [7, 11) is 3.81. The maximum atomic E-state index is 13.7. The molecule has 2 amide bonds. The third kappa shape index (κ3) is 7.30. The molecule has 0 aromatic heterocycles. The van der Waals surface area contributed by atoms with Crippen LogP contribution in [0.5, 0.6) is 0 Å². The minimum atomic E-state index is -2.60. The number of aliphatic hydroxyl groups excluding tert-OH is 1. The topological polar surface area (TPSA) is 90.1 Å². The molecule has 1 saturated carbocycles. The highest BCUT2D eigenvalue weighted by Crippen LogP contribution is 2.43. The van der Waals surface area contributed by atoms with E-state index in [1.807, 2.05) is 31.1 Å². The number of nitrogens with two attached hydrogens (primary N) is 1. The number of fused-ring (bicyclic) bond motifs is 2. The van der Waals surface area contributed by atoms with E-state index in [0.717, 1.165) is 37.8 Å². The van der Waals surface area contributed by atoms with Gasteiger partial charge in [-0.15, -0.1) is 0 Å². The molecule has 4 rings (SSSR count). The molecule has 3 N–H and O–H groups in total. The number of hydrogen-bond donors (Lipinski definition) is 2. The first kappa shape index (κ1) is 28.9. The highest BCUT2D eigenvalue weighted by molar-refractivity contribution is 5.92. The molecule has 3 fully saturated rings. The van der Waals surface area contributed by atoms with Crippen molar-refractivity contribution in [2.75, 3.05) is 40.3 Å². The molecule has 7 nitrogen and oxygen atoms in total. The molecule has 9 heteroatoms. The van der Waals surface area contributed by atoms with Gasteiger partial charge in [-0.2, -0.15) is 0 Å². The van der Waals surface area contributed by atoms with Crippen LogP contribution >= 0.6 is 0 Å². The quantitative estimate of drug-likeness (QED) is 0.454. The first-order valence-corrected chi connectivity index (χ1v) is 14.2. The Kier molecular flexibility index (Phi) is 9.42. The molecule has 0 spiro atoms. The molecule has 4 atom stereocenters. The number of carbonyl (C=O) groups excluding carboxylic acids is 2. The molecule has 2 heterocycles. The number of amides is 2. The molecule has 0 radical (unpaired) electrons. The van der Waals surface area contributed by atoms with Crippen molar-refractivity contribution in [1.82, 2.24) is 14.7 Å². The summed E-state index contributed by atoms with van der Waals surface area (Å²) in [6.45, 7) is 2.25. The minimum absolute atomic E-state index is 0.0413. The summed E-state index contributed by atoms with van der Waals surface area (Å²) in [4.78, 5) is 31.1. The van der Waals surface area contributed by atoms with Gasteiger partial charge < -0.3 is 20.6 Å². The van der Waals surface area contributed by atoms with Crippen molar-refractivity contribution in [2.45, 2.75) is 87.8 Å². The second-order valence-electron chi connectivity index (χ2n) is 12.0. The van der Waals surface area contributed by atoms with Crippen LogP contribution in [0.3, 0.4) is 0 Å². The maximum absolute atomic E-state index is 13.7.